The van der Waals surface area contributed by atoms with Crippen LogP contribution < -0.4 is 4.72 Å². The first-order valence-electron chi connectivity index (χ1n) is 7.62. The third-order valence-corrected chi connectivity index (χ3v) is 5.56. The fraction of sp³-hybridized carbons (Fsp3) is 0.467. The fourth-order valence-corrected chi connectivity index (χ4v) is 4.09. The number of carbonyl (C=O) groups excluding carboxylic acids is 1. The van der Waals surface area contributed by atoms with Gasteiger partial charge in [-0.25, -0.2) is 8.42 Å². The van der Waals surface area contributed by atoms with Gasteiger partial charge in [0.1, 0.15) is 5.84 Å². The molecule has 3 rings (SSSR count). The van der Waals surface area contributed by atoms with E-state index >= 15 is 0 Å². The number of amides is 1. The number of benzene rings is 1. The van der Waals surface area contributed by atoms with Gasteiger partial charge in [0.25, 0.3) is 10.0 Å². The molecule has 23 heavy (non-hydrogen) atoms. The van der Waals surface area contributed by atoms with Crippen molar-refractivity contribution in [2.45, 2.75) is 11.8 Å². The first kappa shape index (κ1) is 15.9. The van der Waals surface area contributed by atoms with Gasteiger partial charge in [-0.3, -0.25) is 19.4 Å². The number of carbonyl (C=O) groups is 1. The third-order valence-electron chi connectivity index (χ3n) is 4.17. The predicted octanol–water partition coefficient (Wildman–Crippen LogP) is -0.111. The van der Waals surface area contributed by atoms with Crippen LogP contribution in [0.3, 0.4) is 0 Å². The average molecular weight is 336 g/mol. The van der Waals surface area contributed by atoms with Crippen LogP contribution in [-0.2, 0) is 14.8 Å². The van der Waals surface area contributed by atoms with Crippen LogP contribution in [0, 0.1) is 0 Å². The van der Waals surface area contributed by atoms with Crippen LogP contribution in [0.4, 0.5) is 0 Å². The molecule has 2 heterocycles. The van der Waals surface area contributed by atoms with Gasteiger partial charge in [0.2, 0.25) is 5.91 Å². The average Bonchev–Trinajstić information content (AvgIpc) is 2.79. The predicted molar refractivity (Wildman–Crippen MR) is 86.9 cm³/mol. The molecule has 1 N–H and O–H groups in total. The molecule has 1 aromatic carbocycles. The van der Waals surface area contributed by atoms with Crippen LogP contribution in [0.25, 0.3) is 0 Å². The van der Waals surface area contributed by atoms with E-state index in [1.165, 1.54) is 0 Å². The molecule has 1 aromatic rings. The Labute approximate surface area is 136 Å². The highest BCUT2D eigenvalue weighted by Gasteiger charge is 2.30. The van der Waals surface area contributed by atoms with Gasteiger partial charge in [0.15, 0.2) is 0 Å². The Morgan fingerprint density at radius 2 is 1.91 bits per heavy atom. The Morgan fingerprint density at radius 3 is 2.61 bits per heavy atom. The van der Waals surface area contributed by atoms with Gasteiger partial charge in [-0.1, -0.05) is 12.1 Å². The van der Waals surface area contributed by atoms with Crippen LogP contribution in [0.2, 0.25) is 0 Å². The van der Waals surface area contributed by atoms with Crippen molar-refractivity contribution in [2.24, 2.45) is 4.99 Å². The lowest BCUT2D eigenvalue weighted by molar-refractivity contribution is -0.130. The lowest BCUT2D eigenvalue weighted by atomic mass is 10.2. The van der Waals surface area contributed by atoms with Gasteiger partial charge in [0, 0.05) is 45.2 Å². The van der Waals surface area contributed by atoms with Crippen molar-refractivity contribution in [3.8, 4) is 0 Å². The first-order valence-corrected chi connectivity index (χ1v) is 9.10. The zero-order chi connectivity index (χ0) is 16.4. The molecule has 0 aliphatic carbocycles. The van der Waals surface area contributed by atoms with Crippen LogP contribution in [0.15, 0.2) is 34.2 Å². The Morgan fingerprint density at radius 1 is 1.22 bits per heavy atom. The minimum Gasteiger partial charge on any atom is -0.340 e. The lowest BCUT2D eigenvalue weighted by Gasteiger charge is -2.33. The SMILES string of the molecule is CC(=O)N1CCN(CCN=C2NS(=O)(=O)c3ccccc32)CC1. The Bertz CT molecular complexity index is 737. The summed E-state index contributed by atoms with van der Waals surface area (Å²) in [6.45, 7) is 5.99. The minimum absolute atomic E-state index is 0.113. The number of hydrogen-bond acceptors (Lipinski definition) is 5. The van der Waals surface area contributed by atoms with Crippen molar-refractivity contribution >= 4 is 21.8 Å². The Balaban J connectivity index is 1.59. The normalized spacial score (nSPS) is 22.0. The second-order valence-electron chi connectivity index (χ2n) is 5.68. The molecule has 1 amide bonds. The van der Waals surface area contributed by atoms with Crippen LogP contribution in [0.5, 0.6) is 0 Å². The molecular weight excluding hydrogens is 316 g/mol. The van der Waals surface area contributed by atoms with Crippen molar-refractivity contribution in [1.82, 2.24) is 14.5 Å². The van der Waals surface area contributed by atoms with Crippen molar-refractivity contribution in [3.63, 3.8) is 0 Å². The second-order valence-corrected chi connectivity index (χ2v) is 7.33. The molecule has 2 aliphatic rings. The molecule has 0 spiro atoms. The van der Waals surface area contributed by atoms with E-state index in [1.807, 2.05) is 4.90 Å². The van der Waals surface area contributed by atoms with Gasteiger partial charge in [0.05, 0.1) is 11.4 Å². The molecule has 0 unspecified atom stereocenters. The van der Waals surface area contributed by atoms with E-state index in [0.717, 1.165) is 32.7 Å². The van der Waals surface area contributed by atoms with Gasteiger partial charge < -0.3 is 4.90 Å². The van der Waals surface area contributed by atoms with Crippen molar-refractivity contribution in [2.75, 3.05) is 39.3 Å². The molecule has 7 nitrogen and oxygen atoms in total. The largest absolute Gasteiger partial charge is 0.340 e. The standard InChI is InChI=1S/C15H20N4O3S/c1-12(20)19-10-8-18(9-11-19)7-6-16-15-13-4-2-3-5-14(13)23(21,22)17-15/h2-5H,6-11H2,1H3,(H,16,17). The van der Waals surface area contributed by atoms with E-state index in [4.69, 9.17) is 0 Å². The van der Waals surface area contributed by atoms with Crippen LogP contribution >= 0.6 is 0 Å². The third kappa shape index (κ3) is 3.37. The zero-order valence-electron chi connectivity index (χ0n) is 13.0. The quantitative estimate of drug-likeness (QED) is 0.835. The monoisotopic (exact) mass is 336 g/mol. The number of hydrogen-bond donors (Lipinski definition) is 1. The number of rotatable bonds is 3. The maximum atomic E-state index is 12.0. The van der Waals surface area contributed by atoms with E-state index in [-0.39, 0.29) is 10.8 Å². The number of amidine groups is 1. The van der Waals surface area contributed by atoms with Crippen LogP contribution in [0.1, 0.15) is 12.5 Å². The second kappa shape index (κ2) is 6.29. The number of piperazine rings is 1. The topological polar surface area (TPSA) is 82.1 Å². The summed E-state index contributed by atoms with van der Waals surface area (Å²) in [5, 5.41) is 0. The highest BCUT2D eigenvalue weighted by atomic mass is 32.2. The Kier molecular flexibility index (Phi) is 4.36. The fourth-order valence-electron chi connectivity index (χ4n) is 2.84. The van der Waals surface area contributed by atoms with Gasteiger partial charge in [-0.15, -0.1) is 0 Å². The molecule has 1 saturated heterocycles. The molecule has 124 valence electrons. The lowest BCUT2D eigenvalue weighted by Crippen LogP contribution is -2.48. The number of sulfonamides is 1. The molecular formula is C15H20N4O3S. The van der Waals surface area contributed by atoms with Gasteiger partial charge in [-0.2, -0.15) is 0 Å². The summed E-state index contributed by atoms with van der Waals surface area (Å²) in [6, 6.07) is 6.85. The summed E-state index contributed by atoms with van der Waals surface area (Å²) in [5.74, 6) is 0.532. The number of fused-ring (bicyclic) bond motifs is 1. The zero-order valence-corrected chi connectivity index (χ0v) is 13.8. The maximum absolute atomic E-state index is 12.0. The molecule has 0 aromatic heterocycles. The van der Waals surface area contributed by atoms with Gasteiger partial charge >= 0.3 is 0 Å². The summed E-state index contributed by atoms with van der Waals surface area (Å²) >= 11 is 0. The van der Waals surface area contributed by atoms with Crippen molar-refractivity contribution in [3.05, 3.63) is 29.8 Å². The molecule has 0 radical (unpaired) electrons. The molecule has 2 aliphatic heterocycles. The minimum atomic E-state index is -3.47. The van der Waals surface area contributed by atoms with E-state index < -0.39 is 10.0 Å². The highest BCUT2D eigenvalue weighted by molar-refractivity contribution is 7.90. The van der Waals surface area contributed by atoms with E-state index in [0.29, 0.717) is 17.9 Å². The summed E-state index contributed by atoms with van der Waals surface area (Å²) in [5.41, 5.74) is 0.633. The first-order chi connectivity index (χ1) is 11.0. The number of aliphatic imine (C=N–C) groups is 1. The molecule has 8 heteroatoms. The maximum Gasteiger partial charge on any atom is 0.263 e. The van der Waals surface area contributed by atoms with Crippen LogP contribution in [-0.4, -0.2) is 69.2 Å². The highest BCUT2D eigenvalue weighted by Crippen LogP contribution is 2.22. The van der Waals surface area contributed by atoms with E-state index in [2.05, 4.69) is 14.6 Å². The Hall–Kier alpha value is -1.93. The number of nitrogens with one attached hydrogen (secondary N) is 1. The summed E-state index contributed by atoms with van der Waals surface area (Å²) in [4.78, 5) is 20.1. The summed E-state index contributed by atoms with van der Waals surface area (Å²) in [6.07, 6.45) is 0. The van der Waals surface area contributed by atoms with Crippen molar-refractivity contribution in [1.29, 1.82) is 0 Å². The summed E-state index contributed by atoms with van der Waals surface area (Å²) in [7, 11) is -3.47. The number of nitrogens with zero attached hydrogens (tertiary/aromatic N) is 3. The van der Waals surface area contributed by atoms with E-state index in [1.54, 1.807) is 31.2 Å². The summed E-state index contributed by atoms with van der Waals surface area (Å²) < 4.78 is 26.5. The van der Waals surface area contributed by atoms with E-state index in [9.17, 15) is 13.2 Å². The molecule has 0 bridgehead atoms. The molecule has 1 fully saturated rings. The van der Waals surface area contributed by atoms with Gasteiger partial charge in [-0.05, 0) is 12.1 Å². The molecule has 0 saturated carbocycles. The molecule has 0 atom stereocenters. The van der Waals surface area contributed by atoms with Crippen molar-refractivity contribution < 1.29 is 13.2 Å². The smallest absolute Gasteiger partial charge is 0.263 e.